The van der Waals surface area contributed by atoms with Gasteiger partial charge in [-0.15, -0.1) is 0 Å². The largest absolute Gasteiger partial charge is 0.295 e. The number of carbonyl (C=O) groups is 1. The van der Waals surface area contributed by atoms with E-state index in [1.807, 2.05) is 0 Å². The summed E-state index contributed by atoms with van der Waals surface area (Å²) in [5, 5.41) is 0. The molecule has 0 amide bonds. The summed E-state index contributed by atoms with van der Waals surface area (Å²) in [7, 11) is 0. The maximum absolute atomic E-state index is 11.9. The Bertz CT molecular complexity index is 250. The van der Waals surface area contributed by atoms with E-state index >= 15 is 0 Å². The average Bonchev–Trinajstić information content (AvgIpc) is 2.18. The smallest absolute Gasteiger partial charge is 0.158 e. The SMILES string of the molecule is CCCC(=O)C1=C[C@H](C(C)C)CC[C@@H]1C. The van der Waals surface area contributed by atoms with Crippen LogP contribution < -0.4 is 0 Å². The predicted octanol–water partition coefficient (Wildman–Crippen LogP) is 3.98. The molecule has 0 spiro atoms. The van der Waals surface area contributed by atoms with Crippen molar-refractivity contribution in [2.45, 2.75) is 53.4 Å². The summed E-state index contributed by atoms with van der Waals surface area (Å²) in [4.78, 5) is 11.9. The van der Waals surface area contributed by atoms with Crippen LogP contribution in [0.1, 0.15) is 53.4 Å². The van der Waals surface area contributed by atoms with E-state index in [2.05, 4.69) is 33.8 Å². The molecule has 1 nitrogen and oxygen atoms in total. The minimum Gasteiger partial charge on any atom is -0.295 e. The van der Waals surface area contributed by atoms with Gasteiger partial charge < -0.3 is 0 Å². The maximum atomic E-state index is 11.9. The lowest BCUT2D eigenvalue weighted by Crippen LogP contribution is -2.20. The van der Waals surface area contributed by atoms with Crippen LogP contribution in [0.4, 0.5) is 0 Å². The highest BCUT2D eigenvalue weighted by atomic mass is 16.1. The quantitative estimate of drug-likeness (QED) is 0.683. The maximum Gasteiger partial charge on any atom is 0.158 e. The van der Waals surface area contributed by atoms with Gasteiger partial charge in [-0.25, -0.2) is 0 Å². The molecule has 0 aromatic rings. The van der Waals surface area contributed by atoms with Crippen molar-refractivity contribution in [3.63, 3.8) is 0 Å². The summed E-state index contributed by atoms with van der Waals surface area (Å²) >= 11 is 0. The first-order chi connectivity index (χ1) is 7.06. The van der Waals surface area contributed by atoms with Gasteiger partial charge in [-0.1, -0.05) is 33.8 Å². The van der Waals surface area contributed by atoms with Crippen molar-refractivity contribution in [2.75, 3.05) is 0 Å². The van der Waals surface area contributed by atoms with Crippen LogP contribution in [0.2, 0.25) is 0 Å². The van der Waals surface area contributed by atoms with Crippen molar-refractivity contribution in [1.29, 1.82) is 0 Å². The van der Waals surface area contributed by atoms with E-state index in [-0.39, 0.29) is 0 Å². The summed E-state index contributed by atoms with van der Waals surface area (Å²) in [6, 6.07) is 0. The molecule has 0 fully saturated rings. The first-order valence-electron chi connectivity index (χ1n) is 6.31. The standard InChI is InChI=1S/C14H24O/c1-5-6-14(15)13-9-12(10(2)3)8-7-11(13)4/h9-12H,5-8H2,1-4H3/t11-,12+/m0/s1. The minimum atomic E-state index is 0.385. The van der Waals surface area contributed by atoms with Crippen LogP contribution in [0.25, 0.3) is 0 Å². The Morgan fingerprint density at radius 3 is 2.67 bits per heavy atom. The number of Topliss-reactive ketones (excluding diaryl/α,β-unsaturated/α-hetero) is 1. The molecule has 0 aromatic heterocycles. The van der Waals surface area contributed by atoms with E-state index < -0.39 is 0 Å². The molecule has 1 aliphatic carbocycles. The zero-order chi connectivity index (χ0) is 11.4. The van der Waals surface area contributed by atoms with Crippen molar-refractivity contribution < 1.29 is 4.79 Å². The van der Waals surface area contributed by atoms with Crippen molar-refractivity contribution in [3.05, 3.63) is 11.6 Å². The van der Waals surface area contributed by atoms with Crippen molar-refractivity contribution >= 4 is 5.78 Å². The molecule has 15 heavy (non-hydrogen) atoms. The number of hydrogen-bond acceptors (Lipinski definition) is 1. The lowest BCUT2D eigenvalue weighted by Gasteiger charge is -2.28. The second-order valence-corrected chi connectivity index (χ2v) is 5.18. The van der Waals surface area contributed by atoms with Crippen LogP contribution in [-0.2, 0) is 4.79 Å². The average molecular weight is 208 g/mol. The lowest BCUT2D eigenvalue weighted by molar-refractivity contribution is -0.116. The molecule has 0 N–H and O–H groups in total. The molecule has 0 saturated heterocycles. The van der Waals surface area contributed by atoms with Gasteiger partial charge in [-0.2, -0.15) is 0 Å². The van der Waals surface area contributed by atoms with Crippen LogP contribution in [0, 0.1) is 17.8 Å². The zero-order valence-corrected chi connectivity index (χ0v) is 10.5. The summed E-state index contributed by atoms with van der Waals surface area (Å²) < 4.78 is 0. The van der Waals surface area contributed by atoms with Crippen molar-refractivity contribution in [1.82, 2.24) is 0 Å². The minimum absolute atomic E-state index is 0.385. The third kappa shape index (κ3) is 3.19. The van der Waals surface area contributed by atoms with E-state index in [9.17, 15) is 4.79 Å². The van der Waals surface area contributed by atoms with E-state index in [1.54, 1.807) is 0 Å². The van der Waals surface area contributed by atoms with Gasteiger partial charge in [0.1, 0.15) is 0 Å². The van der Waals surface area contributed by atoms with E-state index in [4.69, 9.17) is 0 Å². The summed E-state index contributed by atoms with van der Waals surface area (Å²) in [5.41, 5.74) is 1.11. The van der Waals surface area contributed by atoms with Gasteiger partial charge in [0.2, 0.25) is 0 Å². The number of hydrogen-bond donors (Lipinski definition) is 0. The van der Waals surface area contributed by atoms with Crippen LogP contribution in [0.5, 0.6) is 0 Å². The summed E-state index contributed by atoms with van der Waals surface area (Å²) in [5.74, 6) is 2.16. The number of allylic oxidation sites excluding steroid dienone is 2. The van der Waals surface area contributed by atoms with Gasteiger partial charge in [0, 0.05) is 6.42 Å². The molecular weight excluding hydrogens is 184 g/mol. The molecular formula is C14H24O. The molecule has 0 heterocycles. The Hall–Kier alpha value is -0.590. The first kappa shape index (κ1) is 12.5. The third-order valence-electron chi connectivity index (χ3n) is 3.51. The molecule has 86 valence electrons. The fourth-order valence-electron chi connectivity index (χ4n) is 2.34. The Balaban J connectivity index is 2.77. The van der Waals surface area contributed by atoms with Crippen molar-refractivity contribution in [3.8, 4) is 0 Å². The normalized spacial score (nSPS) is 26.6. The number of rotatable bonds is 4. The second kappa shape index (κ2) is 5.48. The summed E-state index contributed by atoms with van der Waals surface area (Å²) in [6.45, 7) is 8.76. The Morgan fingerprint density at radius 2 is 2.13 bits per heavy atom. The molecule has 1 rings (SSSR count). The molecule has 0 saturated carbocycles. The Morgan fingerprint density at radius 1 is 1.47 bits per heavy atom. The highest BCUT2D eigenvalue weighted by Gasteiger charge is 2.24. The third-order valence-corrected chi connectivity index (χ3v) is 3.51. The molecule has 0 aliphatic heterocycles. The highest BCUT2D eigenvalue weighted by Crippen LogP contribution is 2.33. The molecule has 0 radical (unpaired) electrons. The van der Waals surface area contributed by atoms with Crippen LogP contribution in [-0.4, -0.2) is 5.78 Å². The van der Waals surface area contributed by atoms with Gasteiger partial charge >= 0.3 is 0 Å². The molecule has 1 aliphatic rings. The molecule has 0 bridgehead atoms. The monoisotopic (exact) mass is 208 g/mol. The Kier molecular flexibility index (Phi) is 4.56. The fourth-order valence-corrected chi connectivity index (χ4v) is 2.34. The van der Waals surface area contributed by atoms with Gasteiger partial charge in [0.15, 0.2) is 5.78 Å². The second-order valence-electron chi connectivity index (χ2n) is 5.18. The Labute approximate surface area is 93.9 Å². The first-order valence-corrected chi connectivity index (χ1v) is 6.31. The molecule has 1 heteroatoms. The zero-order valence-electron chi connectivity index (χ0n) is 10.5. The number of carbonyl (C=O) groups excluding carboxylic acids is 1. The molecule has 2 atom stereocenters. The lowest BCUT2D eigenvalue weighted by atomic mass is 9.77. The van der Waals surface area contributed by atoms with Crippen LogP contribution in [0.15, 0.2) is 11.6 Å². The van der Waals surface area contributed by atoms with E-state index in [0.717, 1.165) is 18.4 Å². The van der Waals surface area contributed by atoms with Gasteiger partial charge in [0.05, 0.1) is 0 Å². The van der Waals surface area contributed by atoms with Gasteiger partial charge in [0.25, 0.3) is 0 Å². The van der Waals surface area contributed by atoms with Gasteiger partial charge in [-0.05, 0) is 42.6 Å². The van der Waals surface area contributed by atoms with E-state index in [0.29, 0.717) is 23.5 Å². The highest BCUT2D eigenvalue weighted by molar-refractivity contribution is 5.95. The number of ketones is 1. The molecule has 0 unspecified atom stereocenters. The van der Waals surface area contributed by atoms with Crippen LogP contribution in [0.3, 0.4) is 0 Å². The topological polar surface area (TPSA) is 17.1 Å². The molecule has 0 aromatic carbocycles. The fraction of sp³-hybridized carbons (Fsp3) is 0.786. The van der Waals surface area contributed by atoms with E-state index in [1.165, 1.54) is 12.8 Å². The predicted molar refractivity (Wildman–Crippen MR) is 64.7 cm³/mol. The summed E-state index contributed by atoms with van der Waals surface area (Å²) in [6.07, 6.45) is 6.39. The van der Waals surface area contributed by atoms with Gasteiger partial charge in [-0.3, -0.25) is 4.79 Å². The van der Waals surface area contributed by atoms with Crippen molar-refractivity contribution in [2.24, 2.45) is 17.8 Å². The van der Waals surface area contributed by atoms with Crippen LogP contribution >= 0.6 is 0 Å².